The molecule has 2 heteroatoms. The molecule has 0 atom stereocenters. The predicted molar refractivity (Wildman–Crippen MR) is 59.8 cm³/mol. The highest BCUT2D eigenvalue weighted by Gasteiger charge is 2.03. The maximum atomic E-state index is 10.9. The summed E-state index contributed by atoms with van der Waals surface area (Å²) in [5, 5.41) is 0. The van der Waals surface area contributed by atoms with Crippen LogP contribution in [-0.2, 0) is 0 Å². The molecule has 0 radical (unpaired) electrons. The first kappa shape index (κ1) is 9.59. The molecule has 0 spiro atoms. The Morgan fingerprint density at radius 2 is 1.87 bits per heavy atom. The van der Waals surface area contributed by atoms with E-state index in [1.165, 1.54) is 0 Å². The van der Waals surface area contributed by atoms with Crippen molar-refractivity contribution in [3.63, 3.8) is 0 Å². The summed E-state index contributed by atoms with van der Waals surface area (Å²) in [4.78, 5) is 14.9. The molecule has 1 aromatic heterocycles. The smallest absolute Gasteiger partial charge is 0.150 e. The molecule has 1 heterocycles. The van der Waals surface area contributed by atoms with Crippen molar-refractivity contribution in [2.75, 3.05) is 0 Å². The van der Waals surface area contributed by atoms with Crippen LogP contribution in [0, 0.1) is 6.92 Å². The quantitative estimate of drug-likeness (QED) is 0.693. The van der Waals surface area contributed by atoms with Crippen LogP contribution in [0.15, 0.2) is 42.7 Å². The molecular weight excluding hydrogens is 186 g/mol. The van der Waals surface area contributed by atoms with Gasteiger partial charge >= 0.3 is 0 Å². The zero-order valence-electron chi connectivity index (χ0n) is 8.47. The lowest BCUT2D eigenvalue weighted by Crippen LogP contribution is -1.88. The topological polar surface area (TPSA) is 30.0 Å². The molecule has 15 heavy (non-hydrogen) atoms. The summed E-state index contributed by atoms with van der Waals surface area (Å²) in [6.07, 6.45) is 4.34. The summed E-state index contributed by atoms with van der Waals surface area (Å²) in [6.45, 7) is 2.01. The van der Waals surface area contributed by atoms with E-state index in [1.807, 2.05) is 37.3 Å². The molecule has 0 aliphatic heterocycles. The van der Waals surface area contributed by atoms with Crippen LogP contribution in [0.4, 0.5) is 0 Å². The van der Waals surface area contributed by atoms with E-state index >= 15 is 0 Å². The summed E-state index contributed by atoms with van der Waals surface area (Å²) in [6, 6.07) is 9.61. The van der Waals surface area contributed by atoms with Gasteiger partial charge in [0.05, 0.1) is 0 Å². The second-order valence-electron chi connectivity index (χ2n) is 3.44. The Kier molecular flexibility index (Phi) is 2.59. The largest absolute Gasteiger partial charge is 0.298 e. The number of hydrogen-bond acceptors (Lipinski definition) is 2. The number of aldehydes is 1. The van der Waals surface area contributed by atoms with E-state index in [0.717, 1.165) is 23.0 Å². The number of hydrogen-bond donors (Lipinski definition) is 0. The van der Waals surface area contributed by atoms with Gasteiger partial charge in [0.15, 0.2) is 6.29 Å². The van der Waals surface area contributed by atoms with Gasteiger partial charge in [0.2, 0.25) is 0 Å². The number of aryl methyl sites for hydroxylation is 1. The van der Waals surface area contributed by atoms with Gasteiger partial charge in [-0.1, -0.05) is 23.8 Å². The summed E-state index contributed by atoms with van der Waals surface area (Å²) < 4.78 is 0. The molecule has 0 aliphatic carbocycles. The average molecular weight is 197 g/mol. The first-order valence-electron chi connectivity index (χ1n) is 4.77. The molecule has 2 nitrogen and oxygen atoms in total. The molecule has 0 aliphatic rings. The highest BCUT2D eigenvalue weighted by Crippen LogP contribution is 2.23. The van der Waals surface area contributed by atoms with Crippen LogP contribution < -0.4 is 0 Å². The summed E-state index contributed by atoms with van der Waals surface area (Å²) in [7, 11) is 0. The van der Waals surface area contributed by atoms with E-state index < -0.39 is 0 Å². The lowest BCUT2D eigenvalue weighted by Gasteiger charge is -2.05. The van der Waals surface area contributed by atoms with Gasteiger partial charge in [0, 0.05) is 18.0 Å². The molecule has 74 valence electrons. The van der Waals surface area contributed by atoms with Gasteiger partial charge in [-0.3, -0.25) is 9.78 Å². The monoisotopic (exact) mass is 197 g/mol. The van der Waals surface area contributed by atoms with E-state index in [0.29, 0.717) is 5.56 Å². The molecular formula is C13H11NO. The Bertz CT molecular complexity index is 477. The van der Waals surface area contributed by atoms with Gasteiger partial charge in [-0.05, 0) is 30.2 Å². The number of aromatic nitrogens is 1. The van der Waals surface area contributed by atoms with Gasteiger partial charge in [0.25, 0.3) is 0 Å². The number of carbonyl (C=O) groups is 1. The van der Waals surface area contributed by atoms with Crippen LogP contribution in [0.1, 0.15) is 15.9 Å². The minimum absolute atomic E-state index is 0.715. The summed E-state index contributed by atoms with van der Waals surface area (Å²) in [5.41, 5.74) is 3.85. The number of benzene rings is 1. The van der Waals surface area contributed by atoms with Crippen molar-refractivity contribution in [1.29, 1.82) is 0 Å². The number of pyridine rings is 1. The van der Waals surface area contributed by atoms with E-state index in [-0.39, 0.29) is 0 Å². The minimum Gasteiger partial charge on any atom is -0.298 e. The second kappa shape index (κ2) is 4.05. The standard InChI is InChI=1S/C13H11NO/c1-10-2-3-12(9-15)13(8-10)11-4-6-14-7-5-11/h2-9H,1H3. The van der Waals surface area contributed by atoms with Gasteiger partial charge in [-0.25, -0.2) is 0 Å². The van der Waals surface area contributed by atoms with Crippen LogP contribution in [0.5, 0.6) is 0 Å². The fraction of sp³-hybridized carbons (Fsp3) is 0.0769. The van der Waals surface area contributed by atoms with E-state index in [1.54, 1.807) is 12.4 Å². The third kappa shape index (κ3) is 1.94. The summed E-state index contributed by atoms with van der Waals surface area (Å²) >= 11 is 0. The Morgan fingerprint density at radius 1 is 1.13 bits per heavy atom. The third-order valence-electron chi connectivity index (χ3n) is 2.33. The van der Waals surface area contributed by atoms with Crippen LogP contribution in [0.3, 0.4) is 0 Å². The molecule has 2 aromatic rings. The maximum Gasteiger partial charge on any atom is 0.150 e. The fourth-order valence-electron chi connectivity index (χ4n) is 1.55. The highest BCUT2D eigenvalue weighted by molar-refractivity contribution is 5.87. The SMILES string of the molecule is Cc1ccc(C=O)c(-c2ccncc2)c1. The zero-order valence-corrected chi connectivity index (χ0v) is 8.47. The number of rotatable bonds is 2. The Morgan fingerprint density at radius 3 is 2.53 bits per heavy atom. The number of carbonyl (C=O) groups excluding carboxylic acids is 1. The van der Waals surface area contributed by atoms with Crippen molar-refractivity contribution >= 4 is 6.29 Å². The molecule has 2 rings (SSSR count). The third-order valence-corrected chi connectivity index (χ3v) is 2.33. The lowest BCUT2D eigenvalue weighted by atomic mass is 9.99. The molecule has 0 N–H and O–H groups in total. The molecule has 1 aromatic carbocycles. The van der Waals surface area contributed by atoms with E-state index in [9.17, 15) is 4.79 Å². The molecule has 0 amide bonds. The van der Waals surface area contributed by atoms with Gasteiger partial charge in [-0.2, -0.15) is 0 Å². The lowest BCUT2D eigenvalue weighted by molar-refractivity contribution is 0.112. The molecule has 0 fully saturated rings. The minimum atomic E-state index is 0.715. The van der Waals surface area contributed by atoms with Crippen LogP contribution in [0.25, 0.3) is 11.1 Å². The highest BCUT2D eigenvalue weighted by atomic mass is 16.1. The predicted octanol–water partition coefficient (Wildman–Crippen LogP) is 2.87. The normalized spacial score (nSPS) is 9.93. The number of nitrogens with zero attached hydrogens (tertiary/aromatic N) is 1. The second-order valence-corrected chi connectivity index (χ2v) is 3.44. The average Bonchev–Trinajstić information content (AvgIpc) is 2.30. The fourth-order valence-corrected chi connectivity index (χ4v) is 1.55. The Balaban J connectivity index is 2.61. The van der Waals surface area contributed by atoms with Crippen molar-refractivity contribution in [2.24, 2.45) is 0 Å². The van der Waals surface area contributed by atoms with Gasteiger partial charge in [-0.15, -0.1) is 0 Å². The van der Waals surface area contributed by atoms with Gasteiger partial charge < -0.3 is 0 Å². The maximum absolute atomic E-state index is 10.9. The summed E-state index contributed by atoms with van der Waals surface area (Å²) in [5.74, 6) is 0. The van der Waals surface area contributed by atoms with Crippen molar-refractivity contribution in [2.45, 2.75) is 6.92 Å². The first-order chi connectivity index (χ1) is 7.31. The van der Waals surface area contributed by atoms with Crippen molar-refractivity contribution in [3.8, 4) is 11.1 Å². The van der Waals surface area contributed by atoms with Crippen LogP contribution >= 0.6 is 0 Å². The Labute approximate surface area is 88.6 Å². The zero-order chi connectivity index (χ0) is 10.7. The van der Waals surface area contributed by atoms with Crippen LogP contribution in [0.2, 0.25) is 0 Å². The Hall–Kier alpha value is -1.96. The molecule has 0 saturated heterocycles. The molecule has 0 saturated carbocycles. The first-order valence-corrected chi connectivity index (χ1v) is 4.77. The van der Waals surface area contributed by atoms with Gasteiger partial charge in [0.1, 0.15) is 0 Å². The van der Waals surface area contributed by atoms with Crippen molar-refractivity contribution in [1.82, 2.24) is 4.98 Å². The van der Waals surface area contributed by atoms with Crippen molar-refractivity contribution < 1.29 is 4.79 Å². The van der Waals surface area contributed by atoms with Crippen molar-refractivity contribution in [3.05, 3.63) is 53.9 Å². The van der Waals surface area contributed by atoms with E-state index in [2.05, 4.69) is 4.98 Å². The molecule has 0 bridgehead atoms. The van der Waals surface area contributed by atoms with E-state index in [4.69, 9.17) is 0 Å². The van der Waals surface area contributed by atoms with Crippen LogP contribution in [-0.4, -0.2) is 11.3 Å². The molecule has 0 unspecified atom stereocenters.